The van der Waals surface area contributed by atoms with Gasteiger partial charge < -0.3 is 14.6 Å². The Kier molecular flexibility index (Phi) is 7.75. The van der Waals surface area contributed by atoms with Gasteiger partial charge in [0.25, 0.3) is 0 Å². The summed E-state index contributed by atoms with van der Waals surface area (Å²) in [6.07, 6.45) is -1.46. The highest BCUT2D eigenvalue weighted by molar-refractivity contribution is 5.84. The minimum atomic E-state index is -1.63. The zero-order chi connectivity index (χ0) is 21.2. The molecule has 0 radical (unpaired) electrons. The van der Waals surface area contributed by atoms with Crippen LogP contribution in [0.25, 0.3) is 0 Å². The van der Waals surface area contributed by atoms with Gasteiger partial charge in [0, 0.05) is 0 Å². The van der Waals surface area contributed by atoms with E-state index < -0.39 is 24.0 Å². The second kappa shape index (κ2) is 10.9. The molecule has 0 spiro atoms. The maximum Gasteiger partial charge on any atom is 0.336 e. The fourth-order valence-corrected chi connectivity index (χ4v) is 3.01. The normalized spacial score (nSPS) is 12.6. The van der Waals surface area contributed by atoms with Crippen molar-refractivity contribution in [1.29, 1.82) is 0 Å². The summed E-state index contributed by atoms with van der Waals surface area (Å²) in [4.78, 5) is 25.2. The number of carbonyl (C=O) groups excluding carboxylic acids is 2. The van der Waals surface area contributed by atoms with E-state index in [4.69, 9.17) is 9.47 Å². The minimum absolute atomic E-state index is 0.0217. The number of hydrogen-bond donors (Lipinski definition) is 1. The van der Waals surface area contributed by atoms with Crippen LogP contribution < -0.4 is 0 Å². The zero-order valence-corrected chi connectivity index (χ0v) is 16.5. The molecule has 0 aliphatic carbocycles. The van der Waals surface area contributed by atoms with Gasteiger partial charge in [-0.1, -0.05) is 91.0 Å². The van der Waals surface area contributed by atoms with Crippen molar-refractivity contribution in [2.75, 3.05) is 0 Å². The quantitative estimate of drug-likeness (QED) is 0.551. The van der Waals surface area contributed by atoms with E-state index in [2.05, 4.69) is 0 Å². The second-order valence-corrected chi connectivity index (χ2v) is 6.93. The van der Waals surface area contributed by atoms with Crippen LogP contribution in [0.3, 0.4) is 0 Å². The second-order valence-electron chi connectivity index (χ2n) is 6.93. The van der Waals surface area contributed by atoms with Crippen LogP contribution in [-0.4, -0.2) is 23.1 Å². The number of benzene rings is 3. The average Bonchev–Trinajstić information content (AvgIpc) is 2.81. The summed E-state index contributed by atoms with van der Waals surface area (Å²) >= 11 is 0. The molecule has 0 aromatic heterocycles. The van der Waals surface area contributed by atoms with Gasteiger partial charge in [-0.15, -0.1) is 0 Å². The molecule has 0 unspecified atom stereocenters. The number of esters is 2. The molecule has 5 heteroatoms. The Morgan fingerprint density at radius 3 is 1.50 bits per heavy atom. The third-order valence-corrected chi connectivity index (χ3v) is 4.67. The van der Waals surface area contributed by atoms with Gasteiger partial charge in [0.15, 0.2) is 6.10 Å². The van der Waals surface area contributed by atoms with Crippen molar-refractivity contribution in [3.05, 3.63) is 108 Å². The summed E-state index contributed by atoms with van der Waals surface area (Å²) in [6.45, 7) is 0.0879. The van der Waals surface area contributed by atoms with Crippen LogP contribution in [0.5, 0.6) is 0 Å². The number of carbonyl (C=O) groups is 2. The van der Waals surface area contributed by atoms with E-state index in [-0.39, 0.29) is 19.6 Å². The summed E-state index contributed by atoms with van der Waals surface area (Å²) in [7, 11) is 0. The maximum atomic E-state index is 12.8. The van der Waals surface area contributed by atoms with E-state index in [0.717, 1.165) is 16.7 Å². The van der Waals surface area contributed by atoms with Crippen LogP contribution in [0.2, 0.25) is 0 Å². The van der Waals surface area contributed by atoms with Crippen LogP contribution in [0.1, 0.15) is 16.7 Å². The number of hydrogen-bond acceptors (Lipinski definition) is 5. The van der Waals surface area contributed by atoms with E-state index in [1.54, 1.807) is 0 Å². The third kappa shape index (κ3) is 6.29. The molecule has 3 aromatic rings. The summed E-state index contributed by atoms with van der Waals surface area (Å²) in [5.74, 6) is -2.57. The number of ether oxygens (including phenoxy) is 2. The molecular formula is C25H24O5. The molecule has 0 aliphatic heterocycles. The van der Waals surface area contributed by atoms with Gasteiger partial charge in [-0.3, -0.25) is 4.79 Å². The van der Waals surface area contributed by atoms with Gasteiger partial charge in [0.2, 0.25) is 0 Å². The highest BCUT2D eigenvalue weighted by Gasteiger charge is 2.35. The maximum absolute atomic E-state index is 12.8. The number of rotatable bonds is 9. The molecule has 0 bridgehead atoms. The monoisotopic (exact) mass is 404 g/mol. The van der Waals surface area contributed by atoms with E-state index in [0.29, 0.717) is 0 Å². The molecule has 3 rings (SSSR count). The lowest BCUT2D eigenvalue weighted by molar-refractivity contribution is -0.168. The minimum Gasteiger partial charge on any atom is -0.461 e. The highest BCUT2D eigenvalue weighted by atomic mass is 16.6. The molecule has 0 fully saturated rings. The van der Waals surface area contributed by atoms with Crippen LogP contribution in [0.4, 0.5) is 0 Å². The Morgan fingerprint density at radius 1 is 0.633 bits per heavy atom. The molecule has 5 nitrogen and oxygen atoms in total. The largest absolute Gasteiger partial charge is 0.461 e. The smallest absolute Gasteiger partial charge is 0.336 e. The number of aliphatic hydroxyl groups is 1. The zero-order valence-electron chi connectivity index (χ0n) is 16.5. The lowest BCUT2D eigenvalue weighted by Gasteiger charge is -2.21. The van der Waals surface area contributed by atoms with Crippen molar-refractivity contribution in [2.45, 2.75) is 25.7 Å². The van der Waals surface area contributed by atoms with E-state index >= 15 is 0 Å². The van der Waals surface area contributed by atoms with Crippen molar-refractivity contribution in [3.63, 3.8) is 0 Å². The predicted octanol–water partition coefficient (Wildman–Crippen LogP) is 3.69. The summed E-state index contributed by atoms with van der Waals surface area (Å²) in [5.41, 5.74) is 2.43. The van der Waals surface area contributed by atoms with Gasteiger partial charge in [0.1, 0.15) is 13.2 Å². The van der Waals surface area contributed by atoms with Crippen molar-refractivity contribution in [2.24, 2.45) is 5.92 Å². The first-order valence-electron chi connectivity index (χ1n) is 9.76. The number of aliphatic hydroxyl groups excluding tert-OH is 1. The first kappa shape index (κ1) is 21.3. The molecule has 0 heterocycles. The van der Waals surface area contributed by atoms with Gasteiger partial charge in [0.05, 0.1) is 5.92 Å². The predicted molar refractivity (Wildman–Crippen MR) is 112 cm³/mol. The molecule has 0 aliphatic rings. The summed E-state index contributed by atoms with van der Waals surface area (Å²) < 4.78 is 10.6. The van der Waals surface area contributed by atoms with Crippen LogP contribution >= 0.6 is 0 Å². The topological polar surface area (TPSA) is 72.8 Å². The Morgan fingerprint density at radius 2 is 1.03 bits per heavy atom. The summed E-state index contributed by atoms with van der Waals surface area (Å²) in [5, 5.41) is 10.6. The van der Waals surface area contributed by atoms with Crippen LogP contribution in [0.15, 0.2) is 91.0 Å². The van der Waals surface area contributed by atoms with E-state index in [1.165, 1.54) is 0 Å². The van der Waals surface area contributed by atoms with Crippen molar-refractivity contribution >= 4 is 11.9 Å². The average molecular weight is 404 g/mol. The molecule has 2 atom stereocenters. The molecular weight excluding hydrogens is 380 g/mol. The first-order valence-corrected chi connectivity index (χ1v) is 9.76. The van der Waals surface area contributed by atoms with E-state index in [9.17, 15) is 14.7 Å². The lowest BCUT2D eigenvalue weighted by Crippen LogP contribution is -2.38. The molecule has 154 valence electrons. The van der Waals surface area contributed by atoms with Crippen molar-refractivity contribution in [1.82, 2.24) is 0 Å². The lowest BCUT2D eigenvalue weighted by atomic mass is 9.94. The fourth-order valence-electron chi connectivity index (χ4n) is 3.01. The fraction of sp³-hybridized carbons (Fsp3) is 0.200. The Labute approximate surface area is 175 Å². The molecule has 0 amide bonds. The molecule has 3 aromatic carbocycles. The van der Waals surface area contributed by atoms with Gasteiger partial charge in [-0.2, -0.15) is 0 Å². The SMILES string of the molecule is O=C(OCc1ccccc1)[C@@H](O)[C@@H](Cc1ccccc1)C(=O)OCc1ccccc1. The molecule has 0 saturated heterocycles. The Balaban J connectivity index is 1.67. The van der Waals surface area contributed by atoms with Gasteiger partial charge in [-0.05, 0) is 23.1 Å². The Bertz CT molecular complexity index is 926. The highest BCUT2D eigenvalue weighted by Crippen LogP contribution is 2.18. The summed E-state index contributed by atoms with van der Waals surface area (Å²) in [6, 6.07) is 27.6. The van der Waals surface area contributed by atoms with Crippen molar-refractivity contribution in [3.8, 4) is 0 Å². The molecule has 0 saturated carbocycles. The molecule has 1 N–H and O–H groups in total. The first-order chi connectivity index (χ1) is 14.6. The van der Waals surface area contributed by atoms with Crippen LogP contribution in [-0.2, 0) is 38.7 Å². The van der Waals surface area contributed by atoms with Gasteiger partial charge in [-0.25, -0.2) is 4.79 Å². The van der Waals surface area contributed by atoms with Crippen molar-refractivity contribution < 1.29 is 24.2 Å². The van der Waals surface area contributed by atoms with Crippen LogP contribution in [0, 0.1) is 5.92 Å². The Hall–Kier alpha value is -3.44. The third-order valence-electron chi connectivity index (χ3n) is 4.67. The van der Waals surface area contributed by atoms with Gasteiger partial charge >= 0.3 is 11.9 Å². The standard InChI is InChI=1S/C25H24O5/c26-23(25(28)30-18-21-14-8-3-9-15-21)22(16-19-10-4-1-5-11-19)24(27)29-17-20-12-6-2-7-13-20/h1-15,22-23,26H,16-18H2/t22-,23+/m1/s1. The van der Waals surface area contributed by atoms with E-state index in [1.807, 2.05) is 91.0 Å². The molecule has 30 heavy (non-hydrogen) atoms.